The first-order valence-corrected chi connectivity index (χ1v) is 11.3. The molecule has 1 aliphatic rings. The second-order valence-electron chi connectivity index (χ2n) is 7.11. The van der Waals surface area contributed by atoms with E-state index in [-0.39, 0.29) is 11.2 Å². The van der Waals surface area contributed by atoms with Gasteiger partial charge in [0.1, 0.15) is 0 Å². The summed E-state index contributed by atoms with van der Waals surface area (Å²) in [7, 11) is 0. The number of rotatable bonds is 8. The predicted molar refractivity (Wildman–Crippen MR) is 117 cm³/mol. The maximum Gasteiger partial charge on any atom is 0.277 e. The van der Waals surface area contributed by atoms with Gasteiger partial charge in [-0.3, -0.25) is 4.79 Å². The molecule has 158 valence electrons. The van der Waals surface area contributed by atoms with Crippen molar-refractivity contribution in [3.63, 3.8) is 0 Å². The van der Waals surface area contributed by atoms with Gasteiger partial charge >= 0.3 is 0 Å². The summed E-state index contributed by atoms with van der Waals surface area (Å²) in [6.07, 6.45) is 0. The van der Waals surface area contributed by atoms with Crippen LogP contribution >= 0.6 is 11.8 Å². The van der Waals surface area contributed by atoms with Gasteiger partial charge in [-0.2, -0.15) is 0 Å². The van der Waals surface area contributed by atoms with Gasteiger partial charge in [0.2, 0.25) is 11.8 Å². The number of likely N-dealkylation sites (N-methyl/N-ethyl adjacent to an activating group) is 1. The van der Waals surface area contributed by atoms with Crippen molar-refractivity contribution in [2.75, 3.05) is 50.7 Å². The lowest BCUT2D eigenvalue weighted by molar-refractivity contribution is -0.132. The van der Waals surface area contributed by atoms with Gasteiger partial charge in [-0.05, 0) is 51.6 Å². The third-order valence-electron chi connectivity index (χ3n) is 5.41. The Morgan fingerprint density at radius 2 is 1.76 bits per heavy atom. The fraction of sp³-hybridized carbons (Fsp3) is 0.571. The summed E-state index contributed by atoms with van der Waals surface area (Å²) in [6.45, 7) is 14.8. The number of thioether (sulfide) groups is 1. The lowest BCUT2D eigenvalue weighted by Crippen LogP contribution is -2.50. The third-order valence-corrected chi connectivity index (χ3v) is 6.33. The number of benzene rings is 1. The molecule has 1 atom stereocenters. The number of hydrogen-bond donors (Lipinski definition) is 0. The minimum Gasteiger partial charge on any atom is -0.411 e. The van der Waals surface area contributed by atoms with Gasteiger partial charge in [0, 0.05) is 50.5 Å². The molecule has 0 spiro atoms. The lowest BCUT2D eigenvalue weighted by Gasteiger charge is -2.35. The van der Waals surface area contributed by atoms with Crippen molar-refractivity contribution in [1.82, 2.24) is 20.0 Å². The maximum absolute atomic E-state index is 12.7. The Hall–Kier alpha value is -2.06. The molecule has 29 heavy (non-hydrogen) atoms. The largest absolute Gasteiger partial charge is 0.411 e. The van der Waals surface area contributed by atoms with E-state index in [0.717, 1.165) is 51.4 Å². The average molecular weight is 418 g/mol. The van der Waals surface area contributed by atoms with Gasteiger partial charge < -0.3 is 19.1 Å². The second kappa shape index (κ2) is 10.1. The van der Waals surface area contributed by atoms with E-state index < -0.39 is 0 Å². The highest BCUT2D eigenvalue weighted by Gasteiger charge is 2.26. The molecule has 1 aromatic carbocycles. The zero-order valence-corrected chi connectivity index (χ0v) is 18.6. The molecule has 0 N–H and O–H groups in total. The van der Waals surface area contributed by atoms with Crippen LogP contribution in [-0.2, 0) is 4.79 Å². The van der Waals surface area contributed by atoms with Crippen molar-refractivity contribution in [2.45, 2.75) is 38.2 Å². The summed E-state index contributed by atoms with van der Waals surface area (Å²) >= 11 is 1.33. The van der Waals surface area contributed by atoms with Crippen molar-refractivity contribution in [3.05, 3.63) is 24.3 Å². The smallest absolute Gasteiger partial charge is 0.277 e. The van der Waals surface area contributed by atoms with E-state index in [2.05, 4.69) is 52.9 Å². The van der Waals surface area contributed by atoms with E-state index in [1.165, 1.54) is 17.4 Å². The molecule has 1 aromatic heterocycles. The Bertz CT molecular complexity index is 783. The molecule has 7 nitrogen and oxygen atoms in total. The summed E-state index contributed by atoms with van der Waals surface area (Å²) in [6, 6.07) is 8.14. The van der Waals surface area contributed by atoms with Crippen LogP contribution in [0.4, 0.5) is 5.69 Å². The molecule has 2 heterocycles. The SMILES string of the molecule is CCN1CCN(C(=O)[C@H](C)Sc2nnc(-c3ccc(N(CC)CC)cc3)o2)CC1. The summed E-state index contributed by atoms with van der Waals surface area (Å²) in [5.74, 6) is 0.615. The van der Waals surface area contributed by atoms with Crippen LogP contribution in [0.2, 0.25) is 0 Å². The third kappa shape index (κ3) is 5.30. The van der Waals surface area contributed by atoms with Gasteiger partial charge in [-0.1, -0.05) is 18.7 Å². The Morgan fingerprint density at radius 3 is 2.34 bits per heavy atom. The standard InChI is InChI=1S/C21H31N5O2S/c1-5-24-12-14-26(15-13-24)20(27)16(4)29-21-23-22-19(28-21)17-8-10-18(11-9-17)25(6-2)7-3/h8-11,16H,5-7,12-15H2,1-4H3/t16-/m0/s1. The minimum absolute atomic E-state index is 0.133. The summed E-state index contributed by atoms with van der Waals surface area (Å²) < 4.78 is 5.81. The zero-order chi connectivity index (χ0) is 20.8. The lowest BCUT2D eigenvalue weighted by atomic mass is 10.2. The fourth-order valence-corrected chi connectivity index (χ4v) is 4.29. The highest BCUT2D eigenvalue weighted by molar-refractivity contribution is 8.00. The maximum atomic E-state index is 12.7. The number of amides is 1. The minimum atomic E-state index is -0.249. The first-order chi connectivity index (χ1) is 14.0. The van der Waals surface area contributed by atoms with Gasteiger partial charge in [-0.25, -0.2) is 0 Å². The number of nitrogens with zero attached hydrogens (tertiary/aromatic N) is 5. The highest BCUT2D eigenvalue weighted by atomic mass is 32.2. The number of aromatic nitrogens is 2. The van der Waals surface area contributed by atoms with Gasteiger partial charge in [0.15, 0.2) is 0 Å². The van der Waals surface area contributed by atoms with Crippen LogP contribution in [-0.4, -0.2) is 77.0 Å². The van der Waals surface area contributed by atoms with E-state index >= 15 is 0 Å². The number of hydrogen-bond acceptors (Lipinski definition) is 7. The highest BCUT2D eigenvalue weighted by Crippen LogP contribution is 2.28. The van der Waals surface area contributed by atoms with E-state index in [1.807, 2.05) is 24.0 Å². The molecular formula is C21H31N5O2S. The van der Waals surface area contributed by atoms with Crippen LogP contribution in [0.25, 0.3) is 11.5 Å². The molecule has 0 aliphatic carbocycles. The van der Waals surface area contributed by atoms with E-state index in [0.29, 0.717) is 11.1 Å². The Labute approximate surface area is 177 Å². The molecule has 0 bridgehead atoms. The molecule has 1 saturated heterocycles. The van der Waals surface area contributed by atoms with Crippen molar-refractivity contribution < 1.29 is 9.21 Å². The summed E-state index contributed by atoms with van der Waals surface area (Å²) in [5.41, 5.74) is 2.06. The number of anilines is 1. The number of carbonyl (C=O) groups excluding carboxylic acids is 1. The van der Waals surface area contributed by atoms with Gasteiger partial charge in [0.25, 0.3) is 5.22 Å². The molecule has 3 rings (SSSR count). The van der Waals surface area contributed by atoms with E-state index in [9.17, 15) is 4.79 Å². The molecule has 1 fully saturated rings. The van der Waals surface area contributed by atoms with Gasteiger partial charge in [-0.15, -0.1) is 10.2 Å². The zero-order valence-electron chi connectivity index (χ0n) is 17.8. The van der Waals surface area contributed by atoms with Crippen LogP contribution in [0.3, 0.4) is 0 Å². The van der Waals surface area contributed by atoms with Crippen LogP contribution in [0, 0.1) is 0 Å². The molecular weight excluding hydrogens is 386 g/mol. The molecule has 1 aliphatic heterocycles. The first kappa shape index (κ1) is 21.6. The van der Waals surface area contributed by atoms with E-state index in [4.69, 9.17) is 4.42 Å². The first-order valence-electron chi connectivity index (χ1n) is 10.4. The van der Waals surface area contributed by atoms with Crippen molar-refractivity contribution >= 4 is 23.4 Å². The Morgan fingerprint density at radius 1 is 1.10 bits per heavy atom. The molecule has 2 aromatic rings. The summed E-state index contributed by atoms with van der Waals surface area (Å²) in [5, 5.41) is 8.48. The second-order valence-corrected chi connectivity index (χ2v) is 8.40. The molecule has 0 unspecified atom stereocenters. The quantitative estimate of drug-likeness (QED) is 0.611. The normalized spacial score (nSPS) is 16.1. The Balaban J connectivity index is 1.59. The molecule has 1 amide bonds. The average Bonchev–Trinajstić information content (AvgIpc) is 3.23. The molecule has 8 heteroatoms. The van der Waals surface area contributed by atoms with Crippen molar-refractivity contribution in [3.8, 4) is 11.5 Å². The molecule has 0 radical (unpaired) electrons. The predicted octanol–water partition coefficient (Wildman–Crippen LogP) is 3.23. The van der Waals surface area contributed by atoms with Crippen LogP contribution in [0.5, 0.6) is 0 Å². The number of carbonyl (C=O) groups is 1. The van der Waals surface area contributed by atoms with Crippen molar-refractivity contribution in [1.29, 1.82) is 0 Å². The summed E-state index contributed by atoms with van der Waals surface area (Å²) in [4.78, 5) is 19.3. The van der Waals surface area contributed by atoms with Crippen LogP contribution in [0.15, 0.2) is 33.9 Å². The fourth-order valence-electron chi connectivity index (χ4n) is 3.52. The monoisotopic (exact) mass is 417 g/mol. The van der Waals surface area contributed by atoms with Crippen molar-refractivity contribution in [2.24, 2.45) is 0 Å². The number of piperazine rings is 1. The van der Waals surface area contributed by atoms with Crippen LogP contribution < -0.4 is 4.90 Å². The topological polar surface area (TPSA) is 65.7 Å². The molecule has 0 saturated carbocycles. The van der Waals surface area contributed by atoms with E-state index in [1.54, 1.807) is 0 Å². The Kier molecular flexibility index (Phi) is 7.55. The van der Waals surface area contributed by atoms with Crippen LogP contribution in [0.1, 0.15) is 27.7 Å². The van der Waals surface area contributed by atoms with Gasteiger partial charge in [0.05, 0.1) is 5.25 Å².